The van der Waals surface area contributed by atoms with Crippen molar-refractivity contribution in [3.05, 3.63) is 23.8 Å². The van der Waals surface area contributed by atoms with Crippen molar-refractivity contribution in [3.63, 3.8) is 0 Å². The molecule has 0 unspecified atom stereocenters. The van der Waals surface area contributed by atoms with Crippen molar-refractivity contribution in [3.8, 4) is 11.5 Å². The van der Waals surface area contributed by atoms with Crippen LogP contribution in [0.2, 0.25) is 0 Å². The quantitative estimate of drug-likeness (QED) is 0.646. The van der Waals surface area contributed by atoms with E-state index in [4.69, 9.17) is 14.2 Å². The van der Waals surface area contributed by atoms with E-state index in [2.05, 4.69) is 22.8 Å². The third kappa shape index (κ3) is 6.76. The summed E-state index contributed by atoms with van der Waals surface area (Å²) in [7, 11) is 3.30. The minimum absolute atomic E-state index is 0.287. The Bertz CT molecular complexity index is 521. The molecule has 0 aliphatic carbocycles. The molecule has 1 N–H and O–H groups in total. The Balaban J connectivity index is 1.99. The molecule has 26 heavy (non-hydrogen) atoms. The lowest BCUT2D eigenvalue weighted by molar-refractivity contribution is 0.0287. The molecule has 1 aromatic carbocycles. The van der Waals surface area contributed by atoms with Crippen LogP contribution in [0, 0.1) is 0 Å². The van der Waals surface area contributed by atoms with Crippen molar-refractivity contribution in [1.82, 2.24) is 9.80 Å². The molecule has 0 radical (unpaired) electrons. The van der Waals surface area contributed by atoms with E-state index >= 15 is 0 Å². The normalized spacial score (nSPS) is 16.7. The minimum Gasteiger partial charge on any atom is -0.493 e. The van der Waals surface area contributed by atoms with Crippen LogP contribution in [0.1, 0.15) is 25.3 Å². The first-order chi connectivity index (χ1) is 12.7. The van der Waals surface area contributed by atoms with E-state index in [1.807, 2.05) is 12.1 Å². The molecule has 6 nitrogen and oxygen atoms in total. The largest absolute Gasteiger partial charge is 0.493 e. The predicted molar refractivity (Wildman–Crippen MR) is 103 cm³/mol. The van der Waals surface area contributed by atoms with E-state index in [0.717, 1.165) is 75.8 Å². The maximum absolute atomic E-state index is 10.3. The fraction of sp³-hybridized carbons (Fsp3) is 0.700. The molecular weight excluding hydrogens is 332 g/mol. The summed E-state index contributed by atoms with van der Waals surface area (Å²) >= 11 is 0. The van der Waals surface area contributed by atoms with E-state index in [1.165, 1.54) is 0 Å². The number of nitrogens with zero attached hydrogens (tertiary/aromatic N) is 2. The lowest BCUT2D eigenvalue weighted by Crippen LogP contribution is -2.42. The van der Waals surface area contributed by atoms with Crippen molar-refractivity contribution in [2.45, 2.75) is 32.4 Å². The zero-order valence-electron chi connectivity index (χ0n) is 16.4. The molecule has 0 saturated carbocycles. The molecular formula is C20H34N2O4. The maximum atomic E-state index is 10.3. The van der Waals surface area contributed by atoms with Gasteiger partial charge < -0.3 is 19.3 Å². The lowest BCUT2D eigenvalue weighted by atomic mass is 10.1. The van der Waals surface area contributed by atoms with Gasteiger partial charge in [-0.2, -0.15) is 0 Å². The van der Waals surface area contributed by atoms with Crippen LogP contribution >= 0.6 is 0 Å². The Labute approximate surface area is 157 Å². The molecule has 0 spiro atoms. The molecule has 1 fully saturated rings. The molecule has 148 valence electrons. The first kappa shape index (κ1) is 21.0. The number of aliphatic hydroxyl groups is 1. The minimum atomic E-state index is -0.287. The fourth-order valence-corrected chi connectivity index (χ4v) is 3.30. The van der Waals surface area contributed by atoms with E-state index in [1.54, 1.807) is 14.2 Å². The Kier molecular flexibility index (Phi) is 9.18. The van der Waals surface area contributed by atoms with Crippen LogP contribution in [-0.2, 0) is 11.3 Å². The maximum Gasteiger partial charge on any atom is 0.161 e. The summed E-state index contributed by atoms with van der Waals surface area (Å²) in [5.74, 6) is 1.48. The van der Waals surface area contributed by atoms with Gasteiger partial charge in [0.2, 0.25) is 0 Å². The summed E-state index contributed by atoms with van der Waals surface area (Å²) in [6, 6.07) is 6.03. The summed E-state index contributed by atoms with van der Waals surface area (Å²) in [4.78, 5) is 4.76. The van der Waals surface area contributed by atoms with Gasteiger partial charge in [0.1, 0.15) is 0 Å². The Hall–Kier alpha value is -1.34. The molecule has 1 aliphatic heterocycles. The van der Waals surface area contributed by atoms with Gasteiger partial charge in [-0.3, -0.25) is 9.80 Å². The van der Waals surface area contributed by atoms with Gasteiger partial charge in [-0.1, -0.05) is 19.4 Å². The van der Waals surface area contributed by atoms with E-state index in [9.17, 15) is 5.11 Å². The molecule has 0 aromatic heterocycles. The molecule has 2 rings (SSSR count). The van der Waals surface area contributed by atoms with Crippen molar-refractivity contribution < 1.29 is 19.3 Å². The zero-order chi connectivity index (χ0) is 18.8. The van der Waals surface area contributed by atoms with Crippen LogP contribution in [-0.4, -0.2) is 81.2 Å². The second kappa shape index (κ2) is 11.4. The molecule has 0 bridgehead atoms. The van der Waals surface area contributed by atoms with Gasteiger partial charge in [0.05, 0.1) is 33.5 Å². The fourth-order valence-electron chi connectivity index (χ4n) is 3.30. The van der Waals surface area contributed by atoms with E-state index in [0.29, 0.717) is 6.54 Å². The molecule has 1 atom stereocenters. The second-order valence-electron chi connectivity index (χ2n) is 6.82. The highest BCUT2D eigenvalue weighted by Crippen LogP contribution is 2.28. The van der Waals surface area contributed by atoms with E-state index < -0.39 is 0 Å². The van der Waals surface area contributed by atoms with Crippen molar-refractivity contribution in [2.75, 3.05) is 60.2 Å². The van der Waals surface area contributed by atoms with Gasteiger partial charge in [0.15, 0.2) is 11.5 Å². The van der Waals surface area contributed by atoms with Gasteiger partial charge >= 0.3 is 0 Å². The molecule has 1 aliphatic rings. The predicted octanol–water partition coefficient (Wildman–Crippen LogP) is 2.00. The first-order valence-electron chi connectivity index (χ1n) is 9.57. The van der Waals surface area contributed by atoms with Crippen LogP contribution in [0.15, 0.2) is 18.2 Å². The van der Waals surface area contributed by atoms with E-state index in [-0.39, 0.29) is 6.10 Å². The number of rotatable bonds is 11. The van der Waals surface area contributed by atoms with Crippen LogP contribution in [0.25, 0.3) is 0 Å². The van der Waals surface area contributed by atoms with Gasteiger partial charge in [-0.15, -0.1) is 0 Å². The summed E-state index contributed by atoms with van der Waals surface area (Å²) < 4.78 is 16.2. The molecule has 1 aromatic rings. The number of hydrogen-bond acceptors (Lipinski definition) is 6. The van der Waals surface area contributed by atoms with Crippen LogP contribution in [0.5, 0.6) is 11.5 Å². The number of aliphatic hydroxyl groups excluding tert-OH is 1. The molecule has 6 heteroatoms. The monoisotopic (exact) mass is 366 g/mol. The van der Waals surface area contributed by atoms with Gasteiger partial charge in [0.25, 0.3) is 0 Å². The number of morpholine rings is 1. The van der Waals surface area contributed by atoms with Crippen molar-refractivity contribution >= 4 is 0 Å². The molecule has 1 heterocycles. The smallest absolute Gasteiger partial charge is 0.161 e. The summed E-state index contributed by atoms with van der Waals surface area (Å²) in [5, 5.41) is 10.3. The highest BCUT2D eigenvalue weighted by atomic mass is 16.5. The van der Waals surface area contributed by atoms with Crippen molar-refractivity contribution in [2.24, 2.45) is 0 Å². The lowest BCUT2D eigenvalue weighted by Gasteiger charge is -2.31. The summed E-state index contributed by atoms with van der Waals surface area (Å²) in [6.07, 6.45) is 1.54. The van der Waals surface area contributed by atoms with Crippen LogP contribution in [0.4, 0.5) is 0 Å². The van der Waals surface area contributed by atoms with Gasteiger partial charge in [-0.05, 0) is 24.1 Å². The standard InChI is InChI=1S/C20H34N2O4/c1-4-5-18(23)16-22(9-8-21-10-12-26-13-11-21)15-17-6-7-19(24-2)20(14-17)25-3/h6-7,14,18,23H,4-5,8-13,15-16H2,1-3H3/t18-/m1/s1. The highest BCUT2D eigenvalue weighted by molar-refractivity contribution is 5.42. The zero-order valence-corrected chi connectivity index (χ0v) is 16.4. The van der Waals surface area contributed by atoms with Gasteiger partial charge in [0, 0.05) is 39.3 Å². The number of hydrogen-bond donors (Lipinski definition) is 1. The molecule has 0 amide bonds. The Morgan fingerprint density at radius 1 is 1.19 bits per heavy atom. The number of ether oxygens (including phenoxy) is 3. The third-order valence-electron chi connectivity index (χ3n) is 4.78. The average Bonchev–Trinajstić information content (AvgIpc) is 2.67. The summed E-state index contributed by atoms with van der Waals surface area (Å²) in [5.41, 5.74) is 1.16. The average molecular weight is 367 g/mol. The number of methoxy groups -OCH3 is 2. The highest BCUT2D eigenvalue weighted by Gasteiger charge is 2.16. The topological polar surface area (TPSA) is 54.4 Å². The second-order valence-corrected chi connectivity index (χ2v) is 6.82. The van der Waals surface area contributed by atoms with Gasteiger partial charge in [-0.25, -0.2) is 0 Å². The number of benzene rings is 1. The van der Waals surface area contributed by atoms with Crippen LogP contribution < -0.4 is 9.47 Å². The van der Waals surface area contributed by atoms with Crippen molar-refractivity contribution in [1.29, 1.82) is 0 Å². The van der Waals surface area contributed by atoms with Crippen LogP contribution in [0.3, 0.4) is 0 Å². The Morgan fingerprint density at radius 3 is 2.58 bits per heavy atom. The Morgan fingerprint density at radius 2 is 1.92 bits per heavy atom. The third-order valence-corrected chi connectivity index (χ3v) is 4.78. The molecule has 1 saturated heterocycles. The first-order valence-corrected chi connectivity index (χ1v) is 9.57. The SMILES string of the molecule is CCC[C@@H](O)CN(CCN1CCOCC1)Cc1ccc(OC)c(OC)c1. The summed E-state index contributed by atoms with van der Waals surface area (Å²) in [6.45, 7) is 9.10.